The molecule has 0 aromatic heterocycles. The Morgan fingerprint density at radius 2 is 1.19 bits per heavy atom. The topological polar surface area (TPSA) is 65.0 Å². The Labute approximate surface area is 249 Å². The zero-order valence-electron chi connectivity index (χ0n) is 23.9. The van der Waals surface area contributed by atoms with Crippen LogP contribution in [-0.2, 0) is 19.8 Å². The van der Waals surface area contributed by atoms with Crippen molar-refractivity contribution in [3.05, 3.63) is 143 Å². The molecule has 0 aliphatic rings. The first kappa shape index (κ1) is 32.1. The molecule has 4 aromatic carbocycles. The maximum atomic E-state index is 14.6. The average Bonchev–Trinajstić information content (AvgIpc) is 3.02. The number of nitrogens with zero attached hydrogens (tertiary/aromatic N) is 1. The number of ketones is 1. The normalized spacial score (nSPS) is 13.2. The molecule has 0 saturated heterocycles. The van der Waals surface area contributed by atoms with Crippen molar-refractivity contribution in [3.8, 4) is 0 Å². The smallest absolute Gasteiger partial charge is 0.307 e. The molecule has 9 heteroatoms. The summed E-state index contributed by atoms with van der Waals surface area (Å²) in [6.07, 6.45) is -4.73. The monoisotopic (exact) mass is 607 g/mol. The molecule has 0 aliphatic heterocycles. The lowest BCUT2D eigenvalue weighted by molar-refractivity contribution is -0.137. The van der Waals surface area contributed by atoms with E-state index in [-0.39, 0.29) is 25.2 Å². The number of halogens is 3. The van der Waals surface area contributed by atoms with Gasteiger partial charge in [0.25, 0.3) is 0 Å². The van der Waals surface area contributed by atoms with Gasteiger partial charge in [0.1, 0.15) is 0 Å². The molecule has 224 valence electrons. The molecule has 2 atom stereocenters. The van der Waals surface area contributed by atoms with Crippen molar-refractivity contribution in [1.29, 1.82) is 0 Å². The first-order chi connectivity index (χ1) is 20.7. The molecule has 0 aliphatic carbocycles. The van der Waals surface area contributed by atoms with Crippen molar-refractivity contribution >= 4 is 19.1 Å². The molecular formula is C34H33F3NO4P. The summed E-state index contributed by atoms with van der Waals surface area (Å²) in [5.74, 6) is -2.39. The quantitative estimate of drug-likeness (QED) is 0.0864. The van der Waals surface area contributed by atoms with Gasteiger partial charge >= 0.3 is 13.8 Å². The molecule has 43 heavy (non-hydrogen) atoms. The number of carbonyl (C=O) groups is 1. The second kappa shape index (κ2) is 14.6. The first-order valence-electron chi connectivity index (χ1n) is 14.0. The van der Waals surface area contributed by atoms with Gasteiger partial charge in [0.15, 0.2) is 11.6 Å². The van der Waals surface area contributed by atoms with Crippen LogP contribution >= 0.6 is 7.60 Å². The molecule has 4 aromatic rings. The average molecular weight is 608 g/mol. The Balaban J connectivity index is 1.90. The van der Waals surface area contributed by atoms with Gasteiger partial charge in [-0.25, -0.2) is 0 Å². The summed E-state index contributed by atoms with van der Waals surface area (Å²) < 4.78 is 65.8. The molecule has 0 bridgehead atoms. The molecule has 0 N–H and O–H groups in total. The summed E-state index contributed by atoms with van der Waals surface area (Å²) in [5.41, 5.74) is 1.98. The standard InChI is InChI=1S/C34H33F3NO4P/c1-3-41-43(40,42-4-2)33(38-32(27-16-10-6-11-17-27)28-18-12-7-13-19-28)30(25-14-8-5-9-15-25)24-31(39)26-20-22-29(23-21-26)34(35,36)37/h5-23,30,33H,3-4,24H2,1-2H3. The van der Waals surface area contributed by atoms with E-state index in [1.54, 1.807) is 38.1 Å². The van der Waals surface area contributed by atoms with Crippen LogP contribution < -0.4 is 0 Å². The van der Waals surface area contributed by atoms with Crippen LogP contribution in [0.25, 0.3) is 0 Å². The van der Waals surface area contributed by atoms with Crippen LogP contribution in [0, 0.1) is 0 Å². The van der Waals surface area contributed by atoms with E-state index in [0.717, 1.165) is 35.4 Å². The molecule has 0 spiro atoms. The lowest BCUT2D eigenvalue weighted by atomic mass is 9.90. The second-order valence-electron chi connectivity index (χ2n) is 9.72. The minimum Gasteiger partial charge on any atom is -0.307 e. The summed E-state index contributed by atoms with van der Waals surface area (Å²) in [6, 6.07) is 31.9. The van der Waals surface area contributed by atoms with E-state index >= 15 is 0 Å². The molecule has 0 radical (unpaired) electrons. The van der Waals surface area contributed by atoms with Gasteiger partial charge in [0.2, 0.25) is 0 Å². The fourth-order valence-electron chi connectivity index (χ4n) is 4.83. The van der Waals surface area contributed by atoms with Gasteiger partial charge in [-0.3, -0.25) is 14.4 Å². The molecule has 4 rings (SSSR count). The summed E-state index contributed by atoms with van der Waals surface area (Å²) in [7, 11) is -4.01. The number of rotatable bonds is 13. The van der Waals surface area contributed by atoms with E-state index in [0.29, 0.717) is 11.3 Å². The molecule has 5 nitrogen and oxygen atoms in total. The zero-order valence-corrected chi connectivity index (χ0v) is 24.8. The molecule has 2 unspecified atom stereocenters. The van der Waals surface area contributed by atoms with Gasteiger partial charge < -0.3 is 9.05 Å². The molecular weight excluding hydrogens is 574 g/mol. The van der Waals surface area contributed by atoms with Gasteiger partial charge in [-0.15, -0.1) is 0 Å². The Morgan fingerprint density at radius 1 is 0.721 bits per heavy atom. The largest absolute Gasteiger partial charge is 0.416 e. The van der Waals surface area contributed by atoms with Crippen LogP contribution in [0.3, 0.4) is 0 Å². The minimum atomic E-state index is -4.53. The fourth-order valence-corrected chi connectivity index (χ4v) is 6.90. The third-order valence-corrected chi connectivity index (χ3v) is 9.18. The lowest BCUT2D eigenvalue weighted by Crippen LogP contribution is -2.25. The fraction of sp³-hybridized carbons (Fsp3) is 0.235. The first-order valence-corrected chi connectivity index (χ1v) is 15.6. The SMILES string of the molecule is CCOP(=O)(OCC)C(N=C(c1ccccc1)c1ccccc1)C(CC(=O)c1ccc(C(F)(F)F)cc1)c1ccccc1. The zero-order chi connectivity index (χ0) is 30.9. The highest BCUT2D eigenvalue weighted by molar-refractivity contribution is 7.54. The Hall–Kier alpha value is -3.84. The van der Waals surface area contributed by atoms with E-state index in [1.807, 2.05) is 66.7 Å². The maximum Gasteiger partial charge on any atom is 0.416 e. The highest BCUT2D eigenvalue weighted by Gasteiger charge is 2.43. The van der Waals surface area contributed by atoms with Crippen molar-refractivity contribution in [2.45, 2.75) is 38.1 Å². The summed E-state index contributed by atoms with van der Waals surface area (Å²) >= 11 is 0. The van der Waals surface area contributed by atoms with Crippen molar-refractivity contribution in [1.82, 2.24) is 0 Å². The van der Waals surface area contributed by atoms with E-state index in [2.05, 4.69) is 0 Å². The number of hydrogen-bond donors (Lipinski definition) is 0. The molecule has 0 amide bonds. The van der Waals surface area contributed by atoms with E-state index in [9.17, 15) is 22.5 Å². The van der Waals surface area contributed by atoms with Crippen molar-refractivity contribution in [3.63, 3.8) is 0 Å². The lowest BCUT2D eigenvalue weighted by Gasteiger charge is -2.31. The van der Waals surface area contributed by atoms with Crippen molar-refractivity contribution < 1.29 is 31.6 Å². The summed E-state index contributed by atoms with van der Waals surface area (Å²) in [4.78, 5) is 18.8. The van der Waals surface area contributed by atoms with Gasteiger partial charge in [-0.05, 0) is 31.5 Å². The van der Waals surface area contributed by atoms with Crippen LogP contribution in [0.5, 0.6) is 0 Å². The van der Waals surface area contributed by atoms with Gasteiger partial charge in [0, 0.05) is 29.0 Å². The van der Waals surface area contributed by atoms with Crippen LogP contribution in [0.15, 0.2) is 120 Å². The van der Waals surface area contributed by atoms with E-state index in [1.165, 1.54) is 0 Å². The van der Waals surface area contributed by atoms with Crippen LogP contribution in [-0.4, -0.2) is 30.5 Å². The van der Waals surface area contributed by atoms with Crippen LogP contribution in [0.1, 0.15) is 58.8 Å². The highest BCUT2D eigenvalue weighted by atomic mass is 31.2. The number of Topliss-reactive ketones (excluding diaryl/α,β-unsaturated/α-hetero) is 1. The Kier molecular flexibility index (Phi) is 10.9. The number of benzene rings is 4. The van der Waals surface area contributed by atoms with Gasteiger partial charge in [0.05, 0.1) is 24.5 Å². The van der Waals surface area contributed by atoms with Crippen LogP contribution in [0.2, 0.25) is 0 Å². The Bertz CT molecular complexity index is 1490. The maximum absolute atomic E-state index is 14.6. The predicted molar refractivity (Wildman–Crippen MR) is 163 cm³/mol. The highest BCUT2D eigenvalue weighted by Crippen LogP contribution is 2.59. The predicted octanol–water partition coefficient (Wildman–Crippen LogP) is 9.19. The number of hydrogen-bond acceptors (Lipinski definition) is 5. The van der Waals surface area contributed by atoms with Gasteiger partial charge in [-0.1, -0.05) is 103 Å². The Morgan fingerprint density at radius 3 is 1.63 bits per heavy atom. The number of alkyl halides is 3. The van der Waals surface area contributed by atoms with Crippen molar-refractivity contribution in [2.75, 3.05) is 13.2 Å². The molecule has 0 saturated carbocycles. The van der Waals surface area contributed by atoms with Crippen molar-refractivity contribution in [2.24, 2.45) is 4.99 Å². The van der Waals surface area contributed by atoms with E-state index in [4.69, 9.17) is 14.0 Å². The molecule has 0 heterocycles. The summed E-state index contributed by atoms with van der Waals surface area (Å²) in [5, 5.41) is 0. The third kappa shape index (κ3) is 8.17. The minimum absolute atomic E-state index is 0.0731. The summed E-state index contributed by atoms with van der Waals surface area (Å²) in [6.45, 7) is 3.55. The third-order valence-electron chi connectivity index (χ3n) is 6.83. The number of aliphatic imine (C=N–C) groups is 1. The van der Waals surface area contributed by atoms with Crippen LogP contribution in [0.4, 0.5) is 13.2 Å². The molecule has 0 fully saturated rings. The van der Waals surface area contributed by atoms with Gasteiger partial charge in [-0.2, -0.15) is 13.2 Å². The van der Waals surface area contributed by atoms with E-state index < -0.39 is 36.8 Å². The number of carbonyl (C=O) groups excluding carboxylic acids is 1. The second-order valence-corrected chi connectivity index (χ2v) is 11.8.